The Morgan fingerprint density at radius 2 is 1.68 bits per heavy atom. The number of anilines is 1. The van der Waals surface area contributed by atoms with Gasteiger partial charge in [-0.15, -0.1) is 0 Å². The van der Waals surface area contributed by atoms with Crippen LogP contribution in [0.2, 0.25) is 0 Å². The quantitative estimate of drug-likeness (QED) is 0.389. The summed E-state index contributed by atoms with van der Waals surface area (Å²) in [6, 6.07) is 18.5. The molecule has 3 aromatic rings. The average Bonchev–Trinajstić information content (AvgIpc) is 3.17. The fourth-order valence-corrected chi connectivity index (χ4v) is 6.92. The Labute approximate surface area is 230 Å². The van der Waals surface area contributed by atoms with Crippen molar-refractivity contribution in [3.8, 4) is 0 Å². The number of piperidine rings is 1. The molecule has 2 aliphatic heterocycles. The van der Waals surface area contributed by atoms with Crippen LogP contribution < -0.4 is 4.90 Å². The van der Waals surface area contributed by atoms with Crippen LogP contribution in [0.4, 0.5) is 5.69 Å². The smallest absolute Gasteiger partial charge is 0.127 e. The number of nitrogens with zero attached hydrogens (tertiary/aromatic N) is 6. The Kier molecular flexibility index (Phi) is 8.41. The van der Waals surface area contributed by atoms with Crippen molar-refractivity contribution in [3.05, 3.63) is 59.9 Å². The van der Waals surface area contributed by atoms with Gasteiger partial charge in [0.25, 0.3) is 0 Å². The second kappa shape index (κ2) is 11.8. The number of likely N-dealkylation sites (N-methyl/N-ethyl adjacent to an activating group) is 1. The highest BCUT2D eigenvalue weighted by Gasteiger charge is 2.38. The number of rotatable bonds is 8. The molecule has 2 aliphatic rings. The van der Waals surface area contributed by atoms with E-state index in [-0.39, 0.29) is 5.54 Å². The standard InChI is InChI=1S/C32H48N6/c1-6-12-30(37-20-11-19-35(5)23-24-37)31-33-28-25-27(15-16-29(28)38(31)7-2)36-21-17-32(18-22-36,34(3)4)26-13-9-8-10-14-26/h8-10,13-16,25,30H,6-7,11-12,17-24H2,1-5H3. The van der Waals surface area contributed by atoms with E-state index in [4.69, 9.17) is 4.98 Å². The number of fused-ring (bicyclic) bond motifs is 1. The lowest BCUT2D eigenvalue weighted by molar-refractivity contribution is 0.115. The highest BCUT2D eigenvalue weighted by atomic mass is 15.3. The largest absolute Gasteiger partial charge is 0.371 e. The molecule has 1 atom stereocenters. The van der Waals surface area contributed by atoms with E-state index in [2.05, 4.69) is 108 Å². The normalized spacial score (nSPS) is 20.2. The lowest BCUT2D eigenvalue weighted by Gasteiger charge is -2.47. The Bertz CT molecular complexity index is 1180. The van der Waals surface area contributed by atoms with Crippen LogP contribution >= 0.6 is 0 Å². The van der Waals surface area contributed by atoms with Gasteiger partial charge in [0.15, 0.2) is 0 Å². The summed E-state index contributed by atoms with van der Waals surface area (Å²) in [6.07, 6.45) is 5.83. The number of imidazole rings is 1. The second-order valence-electron chi connectivity index (χ2n) is 11.7. The zero-order valence-electron chi connectivity index (χ0n) is 24.4. The van der Waals surface area contributed by atoms with E-state index in [9.17, 15) is 0 Å². The second-order valence-corrected chi connectivity index (χ2v) is 11.7. The Morgan fingerprint density at radius 1 is 0.921 bits per heavy atom. The summed E-state index contributed by atoms with van der Waals surface area (Å²) in [5.74, 6) is 1.26. The monoisotopic (exact) mass is 516 g/mol. The molecule has 1 aromatic heterocycles. The van der Waals surface area contributed by atoms with Crippen molar-refractivity contribution in [2.24, 2.45) is 0 Å². The SMILES string of the molecule is CCCC(c1nc2cc(N3CCC(c4ccccc4)(N(C)C)CC3)ccc2n1CC)N1CCCN(C)CC1. The van der Waals surface area contributed by atoms with Gasteiger partial charge in [-0.25, -0.2) is 4.98 Å². The van der Waals surface area contributed by atoms with E-state index in [1.807, 2.05) is 0 Å². The first-order chi connectivity index (χ1) is 18.5. The molecule has 0 N–H and O–H groups in total. The van der Waals surface area contributed by atoms with Crippen LogP contribution in [0.15, 0.2) is 48.5 Å². The van der Waals surface area contributed by atoms with Gasteiger partial charge in [0.1, 0.15) is 5.82 Å². The first-order valence-electron chi connectivity index (χ1n) is 14.9. The molecule has 2 aromatic carbocycles. The first-order valence-corrected chi connectivity index (χ1v) is 14.9. The van der Waals surface area contributed by atoms with Crippen LogP contribution in [0.3, 0.4) is 0 Å². The lowest BCUT2D eigenvalue weighted by atomic mass is 9.79. The van der Waals surface area contributed by atoms with Gasteiger partial charge < -0.3 is 14.4 Å². The number of hydrogen-bond acceptors (Lipinski definition) is 5. The Hall–Kier alpha value is -2.41. The summed E-state index contributed by atoms with van der Waals surface area (Å²) >= 11 is 0. The molecule has 1 unspecified atom stereocenters. The number of aryl methyl sites for hydroxylation is 1. The molecular formula is C32H48N6. The molecular weight excluding hydrogens is 468 g/mol. The molecule has 38 heavy (non-hydrogen) atoms. The van der Waals surface area contributed by atoms with Crippen LogP contribution in [-0.4, -0.2) is 84.7 Å². The van der Waals surface area contributed by atoms with E-state index in [0.717, 1.165) is 64.0 Å². The van der Waals surface area contributed by atoms with Crippen molar-refractivity contribution < 1.29 is 0 Å². The zero-order chi connectivity index (χ0) is 26.7. The fourth-order valence-electron chi connectivity index (χ4n) is 6.92. The molecule has 0 aliphatic carbocycles. The first kappa shape index (κ1) is 27.2. The highest BCUT2D eigenvalue weighted by molar-refractivity contribution is 5.80. The summed E-state index contributed by atoms with van der Waals surface area (Å²) in [7, 11) is 6.73. The third-order valence-electron chi connectivity index (χ3n) is 9.26. The van der Waals surface area contributed by atoms with E-state index in [1.165, 1.54) is 42.0 Å². The van der Waals surface area contributed by atoms with Crippen LogP contribution in [-0.2, 0) is 12.1 Å². The van der Waals surface area contributed by atoms with Gasteiger partial charge in [-0.05, 0) is 84.1 Å². The maximum absolute atomic E-state index is 5.36. The van der Waals surface area contributed by atoms with Crippen LogP contribution in [0.1, 0.15) is 63.4 Å². The Morgan fingerprint density at radius 3 is 2.37 bits per heavy atom. The predicted octanol–water partition coefficient (Wildman–Crippen LogP) is 5.59. The van der Waals surface area contributed by atoms with E-state index in [1.54, 1.807) is 0 Å². The summed E-state index contributed by atoms with van der Waals surface area (Å²) < 4.78 is 2.48. The number of hydrogen-bond donors (Lipinski definition) is 0. The molecule has 5 rings (SSSR count). The molecule has 0 radical (unpaired) electrons. The summed E-state index contributed by atoms with van der Waals surface area (Å²) in [5.41, 5.74) is 5.29. The molecule has 6 nitrogen and oxygen atoms in total. The van der Waals surface area contributed by atoms with Gasteiger partial charge in [-0.2, -0.15) is 0 Å². The van der Waals surface area contributed by atoms with Crippen molar-refractivity contribution >= 4 is 16.7 Å². The van der Waals surface area contributed by atoms with Crippen molar-refractivity contribution in [1.82, 2.24) is 24.3 Å². The lowest BCUT2D eigenvalue weighted by Crippen LogP contribution is -2.50. The highest BCUT2D eigenvalue weighted by Crippen LogP contribution is 2.39. The maximum Gasteiger partial charge on any atom is 0.127 e. The molecule has 206 valence electrons. The Balaban J connectivity index is 1.41. The minimum atomic E-state index is 0.105. The van der Waals surface area contributed by atoms with Gasteiger partial charge in [0.05, 0.1) is 17.1 Å². The van der Waals surface area contributed by atoms with E-state index in [0.29, 0.717) is 6.04 Å². The molecule has 0 amide bonds. The third-order valence-corrected chi connectivity index (χ3v) is 9.26. The van der Waals surface area contributed by atoms with Gasteiger partial charge in [0.2, 0.25) is 0 Å². The minimum Gasteiger partial charge on any atom is -0.371 e. The predicted molar refractivity (Wildman–Crippen MR) is 160 cm³/mol. The van der Waals surface area contributed by atoms with Crippen molar-refractivity contribution in [2.75, 3.05) is 65.3 Å². The topological polar surface area (TPSA) is 30.8 Å². The van der Waals surface area contributed by atoms with Gasteiger partial charge in [-0.1, -0.05) is 43.7 Å². The van der Waals surface area contributed by atoms with Crippen LogP contribution in [0, 0.1) is 0 Å². The molecule has 2 fully saturated rings. The number of benzene rings is 2. The third kappa shape index (κ3) is 5.23. The van der Waals surface area contributed by atoms with Crippen molar-refractivity contribution in [2.45, 2.75) is 64.1 Å². The molecule has 2 saturated heterocycles. The van der Waals surface area contributed by atoms with Crippen LogP contribution in [0.5, 0.6) is 0 Å². The average molecular weight is 517 g/mol. The summed E-state index contributed by atoms with van der Waals surface area (Å²) in [5, 5.41) is 0. The van der Waals surface area contributed by atoms with Crippen molar-refractivity contribution in [3.63, 3.8) is 0 Å². The molecule has 0 saturated carbocycles. The van der Waals surface area contributed by atoms with Gasteiger partial charge in [0, 0.05) is 50.5 Å². The molecule has 3 heterocycles. The van der Waals surface area contributed by atoms with Gasteiger partial charge in [-0.3, -0.25) is 9.80 Å². The molecule has 0 bridgehead atoms. The van der Waals surface area contributed by atoms with Crippen molar-refractivity contribution in [1.29, 1.82) is 0 Å². The minimum absolute atomic E-state index is 0.105. The van der Waals surface area contributed by atoms with Crippen LogP contribution in [0.25, 0.3) is 11.0 Å². The zero-order valence-corrected chi connectivity index (χ0v) is 24.4. The molecule has 0 spiro atoms. The van der Waals surface area contributed by atoms with E-state index >= 15 is 0 Å². The summed E-state index contributed by atoms with van der Waals surface area (Å²) in [6.45, 7) is 12.3. The summed E-state index contributed by atoms with van der Waals surface area (Å²) in [4.78, 5) is 15.5. The molecule has 6 heteroatoms. The maximum atomic E-state index is 5.36. The van der Waals surface area contributed by atoms with Gasteiger partial charge >= 0.3 is 0 Å². The van der Waals surface area contributed by atoms with E-state index < -0.39 is 0 Å². The number of aromatic nitrogens is 2. The fraction of sp³-hybridized carbons (Fsp3) is 0.594.